The van der Waals surface area contributed by atoms with E-state index in [1.807, 2.05) is 6.92 Å². The second-order valence-corrected chi connectivity index (χ2v) is 6.33. The zero-order chi connectivity index (χ0) is 18.7. The summed E-state index contributed by atoms with van der Waals surface area (Å²) in [5, 5.41) is 5.05. The fourth-order valence-corrected chi connectivity index (χ4v) is 2.99. The van der Waals surface area contributed by atoms with Gasteiger partial charge in [-0.05, 0) is 25.8 Å². The van der Waals surface area contributed by atoms with Gasteiger partial charge in [-0.1, -0.05) is 31.9 Å². The van der Waals surface area contributed by atoms with E-state index >= 15 is 0 Å². The number of carbonyl (C=O) groups is 1. The van der Waals surface area contributed by atoms with Gasteiger partial charge >= 0.3 is 5.97 Å². The van der Waals surface area contributed by atoms with Crippen LogP contribution < -0.4 is 0 Å². The lowest BCUT2D eigenvalue weighted by molar-refractivity contribution is 0.0519. The molecule has 0 saturated heterocycles. The molecule has 3 aromatic rings. The maximum atomic E-state index is 12.0. The Morgan fingerprint density at radius 3 is 2.77 bits per heavy atom. The van der Waals surface area contributed by atoms with Crippen LogP contribution in [0.1, 0.15) is 55.6 Å². The highest BCUT2D eigenvalue weighted by Crippen LogP contribution is 2.26. The Balaban J connectivity index is 2.03. The molecular weight excluding hydrogens is 354 g/mol. The van der Waals surface area contributed by atoms with Crippen LogP contribution in [0.2, 0.25) is 5.15 Å². The number of nitrogens with zero attached hydrogens (tertiary/aromatic N) is 4. The van der Waals surface area contributed by atoms with Gasteiger partial charge in [-0.15, -0.1) is 0 Å². The van der Waals surface area contributed by atoms with Gasteiger partial charge in [0.15, 0.2) is 11.3 Å². The molecule has 3 heterocycles. The Bertz CT molecular complexity index is 931. The maximum Gasteiger partial charge on any atom is 0.357 e. The number of esters is 1. The van der Waals surface area contributed by atoms with Gasteiger partial charge in [-0.25, -0.2) is 19.3 Å². The van der Waals surface area contributed by atoms with E-state index < -0.39 is 5.97 Å². The van der Waals surface area contributed by atoms with Crippen LogP contribution in [-0.2, 0) is 17.6 Å². The average Bonchev–Trinajstić information content (AvgIpc) is 3.22. The first kappa shape index (κ1) is 18.4. The molecule has 0 aromatic carbocycles. The molecule has 8 heteroatoms. The van der Waals surface area contributed by atoms with Gasteiger partial charge in [0.25, 0.3) is 0 Å². The van der Waals surface area contributed by atoms with Crippen LogP contribution in [0.5, 0.6) is 0 Å². The minimum Gasteiger partial charge on any atom is -0.461 e. The molecule has 3 aromatic heterocycles. The summed E-state index contributed by atoms with van der Waals surface area (Å²) in [4.78, 5) is 24.1. The van der Waals surface area contributed by atoms with Crippen molar-refractivity contribution in [2.75, 3.05) is 6.61 Å². The molecule has 0 aliphatic rings. The number of ether oxygens (including phenoxy) is 1. The van der Waals surface area contributed by atoms with Crippen molar-refractivity contribution >= 4 is 23.2 Å². The number of aromatic nitrogens is 5. The number of imidazole rings is 1. The third kappa shape index (κ3) is 3.58. The number of fused-ring (bicyclic) bond motifs is 1. The van der Waals surface area contributed by atoms with Crippen LogP contribution in [-0.4, -0.2) is 37.1 Å². The van der Waals surface area contributed by atoms with E-state index in [1.165, 1.54) is 0 Å². The molecule has 0 amide bonds. The number of aromatic amines is 1. The standard InChI is InChI=1S/C18H22ClN5O2/c1-4-7-8-14-21-16(17(19)22-14)12-10-15-20-13(18(25)26-6-3)9-11(5-2)24(15)23-12/h9-10H,4-8H2,1-3H3,(H,21,22). The third-order valence-electron chi connectivity index (χ3n) is 4.07. The molecule has 0 aliphatic heterocycles. The van der Waals surface area contributed by atoms with Gasteiger partial charge in [0.2, 0.25) is 0 Å². The first-order chi connectivity index (χ1) is 12.6. The lowest BCUT2D eigenvalue weighted by atomic mass is 10.2. The van der Waals surface area contributed by atoms with Crippen LogP contribution in [0.3, 0.4) is 0 Å². The van der Waals surface area contributed by atoms with E-state index in [1.54, 1.807) is 23.6 Å². The summed E-state index contributed by atoms with van der Waals surface area (Å²) in [5.74, 6) is 0.409. The summed E-state index contributed by atoms with van der Waals surface area (Å²) < 4.78 is 6.78. The fraction of sp³-hybridized carbons (Fsp3) is 0.444. The van der Waals surface area contributed by atoms with E-state index in [9.17, 15) is 4.79 Å². The van der Waals surface area contributed by atoms with Gasteiger partial charge in [-0.3, -0.25) is 0 Å². The Hall–Kier alpha value is -2.41. The first-order valence-electron chi connectivity index (χ1n) is 8.88. The number of halogens is 1. The normalized spacial score (nSPS) is 11.2. The number of H-pyrrole nitrogens is 1. The molecule has 0 bridgehead atoms. The highest BCUT2D eigenvalue weighted by atomic mass is 35.5. The molecule has 138 valence electrons. The van der Waals surface area contributed by atoms with Crippen LogP contribution in [0.25, 0.3) is 17.0 Å². The van der Waals surface area contributed by atoms with E-state index in [0.29, 0.717) is 35.2 Å². The number of nitrogens with one attached hydrogen (secondary N) is 1. The topological polar surface area (TPSA) is 85.2 Å². The summed E-state index contributed by atoms with van der Waals surface area (Å²) in [6.45, 7) is 6.20. The van der Waals surface area contributed by atoms with Gasteiger partial charge < -0.3 is 9.72 Å². The number of hydrogen-bond donors (Lipinski definition) is 1. The van der Waals surface area contributed by atoms with Gasteiger partial charge in [0.05, 0.1) is 6.61 Å². The molecule has 0 saturated carbocycles. The smallest absolute Gasteiger partial charge is 0.357 e. The zero-order valence-corrected chi connectivity index (χ0v) is 15.9. The molecule has 1 N–H and O–H groups in total. The Morgan fingerprint density at radius 2 is 2.08 bits per heavy atom. The van der Waals surface area contributed by atoms with Crippen molar-refractivity contribution in [3.8, 4) is 11.4 Å². The van der Waals surface area contributed by atoms with Crippen LogP contribution in [0.15, 0.2) is 12.1 Å². The lowest BCUT2D eigenvalue weighted by Crippen LogP contribution is -2.10. The van der Waals surface area contributed by atoms with Gasteiger partial charge in [0.1, 0.15) is 22.4 Å². The van der Waals surface area contributed by atoms with Crippen molar-refractivity contribution < 1.29 is 9.53 Å². The lowest BCUT2D eigenvalue weighted by Gasteiger charge is -2.05. The molecule has 0 aliphatic carbocycles. The number of rotatable bonds is 7. The molecular formula is C18H22ClN5O2. The second-order valence-electron chi connectivity index (χ2n) is 5.96. The highest BCUT2D eigenvalue weighted by Gasteiger charge is 2.18. The summed E-state index contributed by atoms with van der Waals surface area (Å²) in [7, 11) is 0. The number of unbranched alkanes of at least 4 members (excludes halogenated alkanes) is 1. The fourth-order valence-electron chi connectivity index (χ4n) is 2.74. The van der Waals surface area contributed by atoms with Crippen molar-refractivity contribution in [1.82, 2.24) is 24.6 Å². The molecule has 3 rings (SSSR count). The van der Waals surface area contributed by atoms with E-state index in [4.69, 9.17) is 16.3 Å². The SMILES string of the molecule is CCCCc1nc(-c2cc3nc(C(=O)OCC)cc(CC)n3n2)c(Cl)[nH]1. The van der Waals surface area contributed by atoms with E-state index in [0.717, 1.165) is 30.8 Å². The van der Waals surface area contributed by atoms with Crippen molar-refractivity contribution in [3.05, 3.63) is 34.5 Å². The predicted molar refractivity (Wildman–Crippen MR) is 99.5 cm³/mol. The monoisotopic (exact) mass is 375 g/mol. The van der Waals surface area contributed by atoms with Crippen molar-refractivity contribution in [2.24, 2.45) is 0 Å². The quantitative estimate of drug-likeness (QED) is 0.634. The molecule has 0 unspecified atom stereocenters. The summed E-state index contributed by atoms with van der Waals surface area (Å²) in [5.41, 5.74) is 2.93. The summed E-state index contributed by atoms with van der Waals surface area (Å²) in [6, 6.07) is 3.49. The zero-order valence-electron chi connectivity index (χ0n) is 15.2. The predicted octanol–water partition coefficient (Wildman–Crippen LogP) is 3.85. The van der Waals surface area contributed by atoms with E-state index in [-0.39, 0.29) is 5.69 Å². The average molecular weight is 376 g/mol. The molecule has 0 fully saturated rings. The van der Waals surface area contributed by atoms with Crippen LogP contribution >= 0.6 is 11.6 Å². The number of aryl methyl sites for hydroxylation is 2. The Labute approximate surface area is 156 Å². The minimum absolute atomic E-state index is 0.277. The minimum atomic E-state index is -0.438. The Kier molecular flexibility index (Phi) is 5.56. The molecule has 0 atom stereocenters. The molecule has 26 heavy (non-hydrogen) atoms. The molecule has 0 spiro atoms. The summed E-state index contributed by atoms with van der Waals surface area (Å²) in [6.07, 6.45) is 3.67. The number of carbonyl (C=O) groups excluding carboxylic acids is 1. The van der Waals surface area contributed by atoms with E-state index in [2.05, 4.69) is 27.0 Å². The van der Waals surface area contributed by atoms with Crippen molar-refractivity contribution in [1.29, 1.82) is 0 Å². The second kappa shape index (κ2) is 7.86. The van der Waals surface area contributed by atoms with Crippen molar-refractivity contribution in [2.45, 2.75) is 46.5 Å². The maximum absolute atomic E-state index is 12.0. The number of hydrogen-bond acceptors (Lipinski definition) is 5. The van der Waals surface area contributed by atoms with Gasteiger partial charge in [-0.2, -0.15) is 5.10 Å². The van der Waals surface area contributed by atoms with Crippen LogP contribution in [0.4, 0.5) is 0 Å². The Morgan fingerprint density at radius 1 is 1.27 bits per heavy atom. The third-order valence-corrected chi connectivity index (χ3v) is 4.34. The van der Waals surface area contributed by atoms with Gasteiger partial charge in [0, 0.05) is 18.2 Å². The first-order valence-corrected chi connectivity index (χ1v) is 9.26. The summed E-state index contributed by atoms with van der Waals surface area (Å²) >= 11 is 6.32. The van der Waals surface area contributed by atoms with Crippen molar-refractivity contribution in [3.63, 3.8) is 0 Å². The highest BCUT2D eigenvalue weighted by molar-refractivity contribution is 6.31. The largest absolute Gasteiger partial charge is 0.461 e. The van der Waals surface area contributed by atoms with Crippen LogP contribution in [0, 0.1) is 0 Å². The molecule has 7 nitrogen and oxygen atoms in total. The molecule has 0 radical (unpaired) electrons.